The first-order valence-corrected chi connectivity index (χ1v) is 8.74. The monoisotopic (exact) mass is 319 g/mol. The molecule has 4 heteroatoms. The summed E-state index contributed by atoms with van der Waals surface area (Å²) in [6.07, 6.45) is 5.99. The van der Waals surface area contributed by atoms with Crippen molar-refractivity contribution < 1.29 is 14.3 Å². The van der Waals surface area contributed by atoms with E-state index in [1.165, 1.54) is 0 Å². The number of hydrogen-bond donors (Lipinski definition) is 1. The molecule has 0 saturated heterocycles. The van der Waals surface area contributed by atoms with Gasteiger partial charge in [0.15, 0.2) is 0 Å². The highest BCUT2D eigenvalue weighted by molar-refractivity contribution is 5.90. The Hall–Kier alpha value is -1.55. The zero-order chi connectivity index (χ0) is 16.5. The van der Waals surface area contributed by atoms with Crippen molar-refractivity contribution in [3.63, 3.8) is 0 Å². The maximum absolute atomic E-state index is 12.7. The summed E-state index contributed by atoms with van der Waals surface area (Å²) >= 11 is 0. The van der Waals surface area contributed by atoms with Gasteiger partial charge in [0, 0.05) is 25.3 Å². The second-order valence-electron chi connectivity index (χ2n) is 6.21. The molecule has 0 unspecified atom stereocenters. The molecule has 1 amide bonds. The summed E-state index contributed by atoms with van der Waals surface area (Å²) in [6.45, 7) is 4.35. The molecule has 128 valence electrons. The van der Waals surface area contributed by atoms with Crippen LogP contribution in [0.4, 0.5) is 0 Å². The third-order valence-electron chi connectivity index (χ3n) is 4.66. The number of benzene rings is 1. The zero-order valence-electron chi connectivity index (χ0n) is 14.4. The highest BCUT2D eigenvalue weighted by Crippen LogP contribution is 2.47. The lowest BCUT2D eigenvalue weighted by Gasteiger charge is -2.41. The number of para-hydroxylation sites is 1. The Labute approximate surface area is 139 Å². The minimum Gasteiger partial charge on any atom is -0.496 e. The van der Waals surface area contributed by atoms with Crippen molar-refractivity contribution in [3.05, 3.63) is 29.8 Å². The summed E-state index contributed by atoms with van der Waals surface area (Å²) in [7, 11) is 1.66. The minimum absolute atomic E-state index is 0.127. The molecular formula is C19H29NO3. The first-order valence-electron chi connectivity index (χ1n) is 8.74. The molecule has 2 rings (SSSR count). The maximum Gasteiger partial charge on any atom is 0.230 e. The van der Waals surface area contributed by atoms with Crippen LogP contribution in [0.2, 0.25) is 0 Å². The predicted molar refractivity (Wildman–Crippen MR) is 91.9 cm³/mol. The smallest absolute Gasteiger partial charge is 0.230 e. The lowest BCUT2D eigenvalue weighted by molar-refractivity contribution is -0.130. The summed E-state index contributed by atoms with van der Waals surface area (Å²) in [5.74, 6) is 0.937. The fourth-order valence-electron chi connectivity index (χ4n) is 3.08. The van der Waals surface area contributed by atoms with E-state index < -0.39 is 5.41 Å². The van der Waals surface area contributed by atoms with Gasteiger partial charge in [0.05, 0.1) is 12.5 Å². The number of rotatable bonds is 10. The van der Waals surface area contributed by atoms with Crippen molar-refractivity contribution in [2.75, 3.05) is 26.9 Å². The van der Waals surface area contributed by atoms with Crippen LogP contribution in [-0.2, 0) is 14.9 Å². The van der Waals surface area contributed by atoms with E-state index in [1.54, 1.807) is 7.11 Å². The molecule has 1 aromatic carbocycles. The summed E-state index contributed by atoms with van der Waals surface area (Å²) < 4.78 is 11.0. The van der Waals surface area contributed by atoms with Crippen molar-refractivity contribution in [1.29, 1.82) is 0 Å². The third kappa shape index (κ3) is 4.25. The molecule has 0 atom stereocenters. The van der Waals surface area contributed by atoms with Gasteiger partial charge in [-0.2, -0.15) is 0 Å². The van der Waals surface area contributed by atoms with Crippen LogP contribution in [0.1, 0.15) is 51.0 Å². The summed E-state index contributed by atoms with van der Waals surface area (Å²) in [6, 6.07) is 7.88. The molecule has 0 heterocycles. The predicted octanol–water partition coefficient (Wildman–Crippen LogP) is 3.44. The molecule has 1 N–H and O–H groups in total. The second kappa shape index (κ2) is 8.92. The lowest BCUT2D eigenvalue weighted by Crippen LogP contribution is -2.49. The second-order valence-corrected chi connectivity index (χ2v) is 6.21. The van der Waals surface area contributed by atoms with Crippen LogP contribution in [0.5, 0.6) is 5.75 Å². The van der Waals surface area contributed by atoms with Crippen molar-refractivity contribution >= 4 is 5.91 Å². The number of unbranched alkanes of at least 4 members (excludes halogenated alkanes) is 1. The molecule has 0 radical (unpaired) electrons. The van der Waals surface area contributed by atoms with E-state index in [0.29, 0.717) is 13.2 Å². The van der Waals surface area contributed by atoms with Crippen molar-refractivity contribution in [2.45, 2.75) is 50.9 Å². The van der Waals surface area contributed by atoms with Gasteiger partial charge in [-0.05, 0) is 31.7 Å². The van der Waals surface area contributed by atoms with Crippen LogP contribution < -0.4 is 10.1 Å². The van der Waals surface area contributed by atoms with Crippen LogP contribution >= 0.6 is 0 Å². The largest absolute Gasteiger partial charge is 0.496 e. The summed E-state index contributed by atoms with van der Waals surface area (Å²) in [4.78, 5) is 12.7. The Morgan fingerprint density at radius 2 is 1.96 bits per heavy atom. The first-order chi connectivity index (χ1) is 11.2. The van der Waals surface area contributed by atoms with E-state index in [-0.39, 0.29) is 5.91 Å². The van der Waals surface area contributed by atoms with Crippen LogP contribution in [0, 0.1) is 0 Å². The van der Waals surface area contributed by atoms with Gasteiger partial charge >= 0.3 is 0 Å². The molecular weight excluding hydrogens is 290 g/mol. The Morgan fingerprint density at radius 1 is 1.22 bits per heavy atom. The molecule has 0 bridgehead atoms. The van der Waals surface area contributed by atoms with Gasteiger partial charge in [-0.1, -0.05) is 38.0 Å². The van der Waals surface area contributed by atoms with E-state index in [4.69, 9.17) is 9.47 Å². The fourth-order valence-corrected chi connectivity index (χ4v) is 3.08. The van der Waals surface area contributed by atoms with Crippen molar-refractivity contribution in [2.24, 2.45) is 0 Å². The average molecular weight is 319 g/mol. The van der Waals surface area contributed by atoms with E-state index in [0.717, 1.165) is 56.4 Å². The Morgan fingerprint density at radius 3 is 2.61 bits per heavy atom. The van der Waals surface area contributed by atoms with Gasteiger partial charge in [-0.15, -0.1) is 0 Å². The number of nitrogens with one attached hydrogen (secondary N) is 1. The molecule has 23 heavy (non-hydrogen) atoms. The fraction of sp³-hybridized carbons (Fsp3) is 0.632. The maximum atomic E-state index is 12.7. The third-order valence-corrected chi connectivity index (χ3v) is 4.66. The molecule has 0 aromatic heterocycles. The quantitative estimate of drug-likeness (QED) is 0.672. The zero-order valence-corrected chi connectivity index (χ0v) is 14.4. The average Bonchev–Trinajstić information content (AvgIpc) is 2.53. The molecule has 1 aliphatic carbocycles. The van der Waals surface area contributed by atoms with Gasteiger partial charge in [-0.3, -0.25) is 4.79 Å². The Kier molecular flexibility index (Phi) is 6.90. The molecule has 4 nitrogen and oxygen atoms in total. The molecule has 0 aliphatic heterocycles. The summed E-state index contributed by atoms with van der Waals surface area (Å²) in [5.41, 5.74) is 0.612. The van der Waals surface area contributed by atoms with Crippen LogP contribution in [0.3, 0.4) is 0 Å². The molecule has 1 fully saturated rings. The van der Waals surface area contributed by atoms with E-state index >= 15 is 0 Å². The van der Waals surface area contributed by atoms with Gasteiger partial charge in [0.25, 0.3) is 0 Å². The highest BCUT2D eigenvalue weighted by atomic mass is 16.5. The Bertz CT molecular complexity index is 497. The minimum atomic E-state index is -0.407. The molecule has 1 aliphatic rings. The number of methoxy groups -OCH3 is 1. The SMILES string of the molecule is CCCCOCCCNC(=O)C1(c2ccccc2OC)CCC1. The van der Waals surface area contributed by atoms with Crippen molar-refractivity contribution in [3.8, 4) is 5.75 Å². The van der Waals surface area contributed by atoms with E-state index in [9.17, 15) is 4.79 Å². The summed E-state index contributed by atoms with van der Waals surface area (Å²) in [5, 5.41) is 3.09. The van der Waals surface area contributed by atoms with Gasteiger partial charge < -0.3 is 14.8 Å². The van der Waals surface area contributed by atoms with Gasteiger partial charge in [0.2, 0.25) is 5.91 Å². The van der Waals surface area contributed by atoms with Crippen LogP contribution in [0.15, 0.2) is 24.3 Å². The van der Waals surface area contributed by atoms with Crippen molar-refractivity contribution in [1.82, 2.24) is 5.32 Å². The number of carbonyl (C=O) groups is 1. The van der Waals surface area contributed by atoms with E-state index in [1.807, 2.05) is 24.3 Å². The van der Waals surface area contributed by atoms with E-state index in [2.05, 4.69) is 12.2 Å². The highest BCUT2D eigenvalue weighted by Gasteiger charge is 2.47. The van der Waals surface area contributed by atoms with Gasteiger partial charge in [-0.25, -0.2) is 0 Å². The molecule has 1 aromatic rings. The van der Waals surface area contributed by atoms with Crippen LogP contribution in [-0.4, -0.2) is 32.8 Å². The van der Waals surface area contributed by atoms with Crippen LogP contribution in [0.25, 0.3) is 0 Å². The molecule has 1 saturated carbocycles. The first kappa shape index (κ1) is 17.8. The molecule has 0 spiro atoms. The number of amides is 1. The van der Waals surface area contributed by atoms with Gasteiger partial charge in [0.1, 0.15) is 5.75 Å². The normalized spacial score (nSPS) is 15.7. The number of ether oxygens (including phenoxy) is 2. The topological polar surface area (TPSA) is 47.6 Å². The Balaban J connectivity index is 1.86. The number of carbonyl (C=O) groups excluding carboxylic acids is 1. The number of hydrogen-bond acceptors (Lipinski definition) is 3. The standard InChI is InChI=1S/C19H29NO3/c1-3-4-14-23-15-8-13-20-18(21)19(11-7-12-19)16-9-5-6-10-17(16)22-2/h5-6,9-10H,3-4,7-8,11-15H2,1-2H3,(H,20,21). The lowest BCUT2D eigenvalue weighted by atomic mass is 9.63.